The summed E-state index contributed by atoms with van der Waals surface area (Å²) in [6.45, 7) is 2.31. The lowest BCUT2D eigenvalue weighted by Crippen LogP contribution is -2.40. The molecule has 2 atom stereocenters. The SMILES string of the molecule is Cc1cnn(CC(=O)N2C[C@@H](F)C[C@H]2Cn2cc(C(=O)N(C)C)nn2)c1. The van der Waals surface area contributed by atoms with E-state index in [4.69, 9.17) is 0 Å². The van der Waals surface area contributed by atoms with Crippen LogP contribution in [0.15, 0.2) is 18.6 Å². The van der Waals surface area contributed by atoms with E-state index in [1.165, 1.54) is 20.7 Å². The first-order valence-electron chi connectivity index (χ1n) is 8.38. The average Bonchev–Trinajstić information content (AvgIpc) is 3.28. The predicted molar refractivity (Wildman–Crippen MR) is 90.0 cm³/mol. The van der Waals surface area contributed by atoms with Crippen molar-refractivity contribution in [3.63, 3.8) is 0 Å². The number of amides is 2. The van der Waals surface area contributed by atoms with Crippen LogP contribution in [0.4, 0.5) is 4.39 Å². The third-order valence-electron chi connectivity index (χ3n) is 4.31. The Morgan fingerprint density at radius 2 is 2.08 bits per heavy atom. The van der Waals surface area contributed by atoms with Crippen molar-refractivity contribution >= 4 is 11.8 Å². The molecule has 9 nitrogen and oxygen atoms in total. The molecule has 2 aromatic rings. The maximum atomic E-state index is 13.9. The zero-order valence-electron chi connectivity index (χ0n) is 15.0. The smallest absolute Gasteiger partial charge is 0.275 e. The highest BCUT2D eigenvalue weighted by molar-refractivity contribution is 5.91. The van der Waals surface area contributed by atoms with Crippen molar-refractivity contribution < 1.29 is 14.0 Å². The van der Waals surface area contributed by atoms with E-state index in [0.29, 0.717) is 0 Å². The second-order valence-electron chi connectivity index (χ2n) is 6.77. The van der Waals surface area contributed by atoms with Gasteiger partial charge in [0.25, 0.3) is 5.91 Å². The fraction of sp³-hybridized carbons (Fsp3) is 0.562. The molecule has 0 saturated carbocycles. The van der Waals surface area contributed by atoms with E-state index < -0.39 is 6.17 Å². The van der Waals surface area contributed by atoms with E-state index in [2.05, 4.69) is 15.4 Å². The van der Waals surface area contributed by atoms with Gasteiger partial charge in [-0.2, -0.15) is 5.10 Å². The Balaban J connectivity index is 1.67. The zero-order valence-corrected chi connectivity index (χ0v) is 15.0. The van der Waals surface area contributed by atoms with Crippen molar-refractivity contribution in [2.45, 2.75) is 38.6 Å². The maximum Gasteiger partial charge on any atom is 0.275 e. The summed E-state index contributed by atoms with van der Waals surface area (Å²) in [4.78, 5) is 27.4. The normalized spacial score (nSPS) is 19.8. The lowest BCUT2D eigenvalue weighted by Gasteiger charge is -2.24. The Morgan fingerprint density at radius 3 is 2.73 bits per heavy atom. The van der Waals surface area contributed by atoms with Gasteiger partial charge in [0.15, 0.2) is 5.69 Å². The van der Waals surface area contributed by atoms with Crippen LogP contribution in [0.5, 0.6) is 0 Å². The molecule has 3 rings (SSSR count). The molecule has 1 aliphatic heterocycles. The summed E-state index contributed by atoms with van der Waals surface area (Å²) in [5.41, 5.74) is 1.18. The van der Waals surface area contributed by atoms with Crippen molar-refractivity contribution in [3.8, 4) is 0 Å². The maximum absolute atomic E-state index is 13.9. The lowest BCUT2D eigenvalue weighted by atomic mass is 10.2. The predicted octanol–water partition coefficient (Wildman–Crippen LogP) is 0.124. The van der Waals surface area contributed by atoms with Crippen molar-refractivity contribution in [2.24, 2.45) is 0 Å². The second-order valence-corrected chi connectivity index (χ2v) is 6.77. The van der Waals surface area contributed by atoms with Gasteiger partial charge in [0.2, 0.25) is 5.91 Å². The Kier molecular flexibility index (Phi) is 5.01. The summed E-state index contributed by atoms with van der Waals surface area (Å²) in [6.07, 6.45) is 4.13. The molecule has 0 unspecified atom stereocenters. The second kappa shape index (κ2) is 7.22. The van der Waals surface area contributed by atoms with Gasteiger partial charge in [0.1, 0.15) is 12.7 Å². The number of carbonyl (C=O) groups is 2. The number of likely N-dealkylation sites (tertiary alicyclic amines) is 1. The summed E-state index contributed by atoms with van der Waals surface area (Å²) in [7, 11) is 3.26. The number of hydrogen-bond acceptors (Lipinski definition) is 5. The van der Waals surface area contributed by atoms with Crippen molar-refractivity contribution in [3.05, 3.63) is 29.8 Å². The molecule has 0 spiro atoms. The summed E-state index contributed by atoms with van der Waals surface area (Å²) in [5, 5.41) is 11.9. The summed E-state index contributed by atoms with van der Waals surface area (Å²) in [6, 6.07) is -0.335. The summed E-state index contributed by atoms with van der Waals surface area (Å²) >= 11 is 0. The van der Waals surface area contributed by atoms with E-state index in [-0.39, 0.29) is 49.6 Å². The molecule has 0 N–H and O–H groups in total. The van der Waals surface area contributed by atoms with E-state index in [1.807, 2.05) is 6.92 Å². The number of nitrogens with zero attached hydrogens (tertiary/aromatic N) is 7. The highest BCUT2D eigenvalue weighted by Gasteiger charge is 2.36. The minimum atomic E-state index is -1.07. The highest BCUT2D eigenvalue weighted by Crippen LogP contribution is 2.22. The molecular formula is C16H22FN7O2. The van der Waals surface area contributed by atoms with E-state index >= 15 is 0 Å². The average molecular weight is 363 g/mol. The van der Waals surface area contributed by atoms with Crippen LogP contribution < -0.4 is 0 Å². The quantitative estimate of drug-likeness (QED) is 0.753. The van der Waals surface area contributed by atoms with Gasteiger partial charge in [0.05, 0.1) is 31.5 Å². The van der Waals surface area contributed by atoms with Crippen molar-refractivity contribution in [1.29, 1.82) is 0 Å². The standard InChI is InChI=1S/C16H22FN7O2/c1-11-5-18-22(6-11)10-15(25)24-7-12(17)4-13(24)8-23-9-14(19-20-23)16(26)21(2)3/h5-6,9,12-13H,4,7-8,10H2,1-3H3/t12-,13-/m0/s1. The number of halogens is 1. The van der Waals surface area contributed by atoms with Gasteiger partial charge in [0, 0.05) is 26.7 Å². The molecule has 2 amide bonds. The molecule has 2 aromatic heterocycles. The largest absolute Gasteiger partial charge is 0.343 e. The lowest BCUT2D eigenvalue weighted by molar-refractivity contribution is -0.133. The number of carbonyl (C=O) groups excluding carboxylic acids is 2. The first-order chi connectivity index (χ1) is 12.3. The summed E-state index contributed by atoms with van der Waals surface area (Å²) < 4.78 is 17.0. The van der Waals surface area contributed by atoms with Gasteiger partial charge in [-0.3, -0.25) is 14.3 Å². The van der Waals surface area contributed by atoms with Gasteiger partial charge >= 0.3 is 0 Å². The Labute approximate surface area is 150 Å². The third-order valence-corrected chi connectivity index (χ3v) is 4.31. The van der Waals surface area contributed by atoms with E-state index in [0.717, 1.165) is 5.56 Å². The molecule has 140 valence electrons. The number of aryl methyl sites for hydroxylation is 1. The van der Waals surface area contributed by atoms with Crippen LogP contribution in [-0.4, -0.2) is 79.2 Å². The molecule has 1 aliphatic rings. The molecular weight excluding hydrogens is 341 g/mol. The first kappa shape index (κ1) is 18.0. The van der Waals surface area contributed by atoms with Crippen molar-refractivity contribution in [1.82, 2.24) is 34.6 Å². The molecule has 0 radical (unpaired) electrons. The fourth-order valence-corrected chi connectivity index (χ4v) is 3.05. The minimum absolute atomic E-state index is 0.0575. The highest BCUT2D eigenvalue weighted by atomic mass is 19.1. The van der Waals surface area contributed by atoms with Gasteiger partial charge in [-0.1, -0.05) is 5.21 Å². The van der Waals surface area contributed by atoms with Crippen LogP contribution in [0.1, 0.15) is 22.5 Å². The Morgan fingerprint density at radius 1 is 1.31 bits per heavy atom. The van der Waals surface area contributed by atoms with E-state index in [1.54, 1.807) is 31.2 Å². The van der Waals surface area contributed by atoms with Crippen LogP contribution in [0.2, 0.25) is 0 Å². The topological polar surface area (TPSA) is 89.2 Å². The minimum Gasteiger partial charge on any atom is -0.343 e. The molecule has 1 saturated heterocycles. The van der Waals surface area contributed by atoms with Crippen LogP contribution in [0, 0.1) is 6.92 Å². The molecule has 0 aromatic carbocycles. The third kappa shape index (κ3) is 3.89. The van der Waals surface area contributed by atoms with Gasteiger partial charge in [-0.05, 0) is 12.5 Å². The number of aromatic nitrogens is 5. The van der Waals surface area contributed by atoms with Crippen LogP contribution >= 0.6 is 0 Å². The van der Waals surface area contributed by atoms with E-state index in [9.17, 15) is 14.0 Å². The molecule has 10 heteroatoms. The summed E-state index contributed by atoms with van der Waals surface area (Å²) in [5.74, 6) is -0.448. The van der Waals surface area contributed by atoms with Crippen LogP contribution in [0.3, 0.4) is 0 Å². The molecule has 0 bridgehead atoms. The number of rotatable bonds is 5. The zero-order chi connectivity index (χ0) is 18.8. The Bertz CT molecular complexity index is 800. The van der Waals surface area contributed by atoms with Crippen molar-refractivity contribution in [2.75, 3.05) is 20.6 Å². The van der Waals surface area contributed by atoms with Crippen LogP contribution in [0.25, 0.3) is 0 Å². The first-order valence-corrected chi connectivity index (χ1v) is 8.38. The number of alkyl halides is 1. The molecule has 3 heterocycles. The monoisotopic (exact) mass is 363 g/mol. The van der Waals surface area contributed by atoms with Crippen LogP contribution in [-0.2, 0) is 17.9 Å². The molecule has 1 fully saturated rings. The van der Waals surface area contributed by atoms with Gasteiger partial charge < -0.3 is 9.80 Å². The van der Waals surface area contributed by atoms with Gasteiger partial charge in [-0.25, -0.2) is 9.07 Å². The molecule has 0 aliphatic carbocycles. The fourth-order valence-electron chi connectivity index (χ4n) is 3.05. The Hall–Kier alpha value is -2.78. The molecule has 26 heavy (non-hydrogen) atoms. The number of hydrogen-bond donors (Lipinski definition) is 0. The van der Waals surface area contributed by atoms with Gasteiger partial charge in [-0.15, -0.1) is 5.10 Å².